The average Bonchev–Trinajstić information content (AvgIpc) is 3.08. The smallest absolute Gasteiger partial charge is 0.225 e. The maximum absolute atomic E-state index is 13.5. The number of fused-ring (bicyclic) bond motifs is 2. The fourth-order valence-electron chi connectivity index (χ4n) is 4.35. The maximum atomic E-state index is 13.5. The van der Waals surface area contributed by atoms with Crippen LogP contribution < -0.4 is 11.1 Å². The average molecular weight is 319 g/mol. The van der Waals surface area contributed by atoms with Crippen molar-refractivity contribution in [3.63, 3.8) is 0 Å². The number of rotatable bonds is 5. The lowest BCUT2D eigenvalue weighted by Crippen LogP contribution is -2.46. The number of likely N-dealkylation sites (N-methyl/N-ethyl adjacent to an activating group) is 1. The summed E-state index contributed by atoms with van der Waals surface area (Å²) in [6.45, 7) is 0.468. The second-order valence-corrected chi connectivity index (χ2v) is 7.22. The highest BCUT2D eigenvalue weighted by Crippen LogP contribution is 2.47. The van der Waals surface area contributed by atoms with Gasteiger partial charge in [0, 0.05) is 12.6 Å². The summed E-state index contributed by atoms with van der Waals surface area (Å²) in [4.78, 5) is 14.6. The van der Waals surface area contributed by atoms with Crippen LogP contribution in [0.25, 0.3) is 0 Å². The molecule has 5 unspecified atom stereocenters. The summed E-state index contributed by atoms with van der Waals surface area (Å²) < 4.78 is 13.5. The summed E-state index contributed by atoms with van der Waals surface area (Å²) >= 11 is 0. The first-order chi connectivity index (χ1) is 11.0. The molecule has 0 radical (unpaired) electrons. The zero-order valence-corrected chi connectivity index (χ0v) is 13.8. The third kappa shape index (κ3) is 3.26. The summed E-state index contributed by atoms with van der Waals surface area (Å²) in [5, 5.41) is 3.06. The molecular formula is C18H26FN3O. The van der Waals surface area contributed by atoms with Crippen LogP contribution in [-0.4, -0.2) is 37.5 Å². The molecule has 126 valence electrons. The van der Waals surface area contributed by atoms with Crippen molar-refractivity contribution >= 4 is 5.91 Å². The highest BCUT2D eigenvalue weighted by atomic mass is 19.1. The Hall–Kier alpha value is -1.46. The van der Waals surface area contributed by atoms with Crippen LogP contribution in [0.1, 0.15) is 30.9 Å². The lowest BCUT2D eigenvalue weighted by Gasteiger charge is -2.29. The van der Waals surface area contributed by atoms with Crippen LogP contribution in [0.15, 0.2) is 24.3 Å². The molecule has 3 rings (SSSR count). The quantitative estimate of drug-likeness (QED) is 0.872. The maximum Gasteiger partial charge on any atom is 0.225 e. The van der Waals surface area contributed by atoms with Gasteiger partial charge in [-0.2, -0.15) is 0 Å². The van der Waals surface area contributed by atoms with Gasteiger partial charge in [0.25, 0.3) is 0 Å². The SMILES string of the molecule is CN(C)C(CNC(=O)C1C2CCC(C2)C1N)c1cccc(F)c1. The van der Waals surface area contributed by atoms with Crippen LogP contribution in [0.5, 0.6) is 0 Å². The fraction of sp³-hybridized carbons (Fsp3) is 0.611. The summed E-state index contributed by atoms with van der Waals surface area (Å²) in [6.07, 6.45) is 3.39. The minimum atomic E-state index is -0.254. The van der Waals surface area contributed by atoms with E-state index in [0.717, 1.165) is 18.4 Å². The van der Waals surface area contributed by atoms with Crippen LogP contribution in [0.2, 0.25) is 0 Å². The third-order valence-corrected chi connectivity index (χ3v) is 5.61. The Morgan fingerprint density at radius 2 is 2.13 bits per heavy atom. The molecule has 3 N–H and O–H groups in total. The van der Waals surface area contributed by atoms with E-state index in [-0.39, 0.29) is 29.7 Å². The summed E-state index contributed by atoms with van der Waals surface area (Å²) in [7, 11) is 3.87. The van der Waals surface area contributed by atoms with E-state index >= 15 is 0 Å². The van der Waals surface area contributed by atoms with Gasteiger partial charge in [0.15, 0.2) is 0 Å². The molecule has 2 bridgehead atoms. The highest BCUT2D eigenvalue weighted by Gasteiger charge is 2.49. The number of hydrogen-bond acceptors (Lipinski definition) is 3. The molecule has 5 heteroatoms. The van der Waals surface area contributed by atoms with Crippen molar-refractivity contribution in [1.29, 1.82) is 0 Å². The Morgan fingerprint density at radius 3 is 2.74 bits per heavy atom. The first-order valence-corrected chi connectivity index (χ1v) is 8.42. The van der Waals surface area contributed by atoms with E-state index in [1.807, 2.05) is 25.1 Å². The number of nitrogens with two attached hydrogens (primary N) is 1. The Labute approximate surface area is 137 Å². The monoisotopic (exact) mass is 319 g/mol. The molecule has 4 nitrogen and oxygen atoms in total. The highest BCUT2D eigenvalue weighted by molar-refractivity contribution is 5.80. The van der Waals surface area contributed by atoms with Crippen LogP contribution in [0.3, 0.4) is 0 Å². The zero-order valence-electron chi connectivity index (χ0n) is 13.8. The van der Waals surface area contributed by atoms with Crippen molar-refractivity contribution < 1.29 is 9.18 Å². The predicted octanol–water partition coefficient (Wildman–Crippen LogP) is 1.92. The largest absolute Gasteiger partial charge is 0.354 e. The second-order valence-electron chi connectivity index (χ2n) is 7.22. The molecule has 23 heavy (non-hydrogen) atoms. The number of carbonyl (C=O) groups excluding carboxylic acids is 1. The van der Waals surface area contributed by atoms with E-state index < -0.39 is 0 Å². The molecule has 0 saturated heterocycles. The van der Waals surface area contributed by atoms with Gasteiger partial charge in [-0.05, 0) is 62.9 Å². The zero-order chi connectivity index (χ0) is 16.6. The molecule has 2 aliphatic carbocycles. The lowest BCUT2D eigenvalue weighted by atomic mass is 9.84. The lowest BCUT2D eigenvalue weighted by molar-refractivity contribution is -0.127. The van der Waals surface area contributed by atoms with Gasteiger partial charge in [0.2, 0.25) is 5.91 Å². The first kappa shape index (κ1) is 16.4. The predicted molar refractivity (Wildman–Crippen MR) is 88.1 cm³/mol. The molecule has 2 fully saturated rings. The summed E-state index contributed by atoms with van der Waals surface area (Å²) in [5.41, 5.74) is 7.11. The number of benzene rings is 1. The minimum Gasteiger partial charge on any atom is -0.354 e. The Bertz CT molecular complexity index is 575. The third-order valence-electron chi connectivity index (χ3n) is 5.61. The standard InChI is InChI=1S/C18H26FN3O/c1-22(2)15(11-4-3-5-14(19)9-11)10-21-18(23)16-12-6-7-13(8-12)17(16)20/h3-5,9,12-13,15-17H,6-8,10,20H2,1-2H3,(H,21,23). The molecule has 0 heterocycles. The van der Waals surface area contributed by atoms with Crippen LogP contribution >= 0.6 is 0 Å². The fourth-order valence-corrected chi connectivity index (χ4v) is 4.35. The number of nitrogens with zero attached hydrogens (tertiary/aromatic N) is 1. The van der Waals surface area contributed by atoms with Gasteiger partial charge in [-0.1, -0.05) is 12.1 Å². The molecule has 2 aliphatic rings. The Balaban J connectivity index is 1.64. The topological polar surface area (TPSA) is 58.4 Å². The first-order valence-electron chi connectivity index (χ1n) is 8.42. The normalized spacial score (nSPS) is 30.7. The molecule has 1 aromatic rings. The van der Waals surface area contributed by atoms with Gasteiger partial charge >= 0.3 is 0 Å². The van der Waals surface area contributed by atoms with Gasteiger partial charge in [-0.3, -0.25) is 4.79 Å². The van der Waals surface area contributed by atoms with Gasteiger partial charge in [0.1, 0.15) is 5.82 Å². The van der Waals surface area contributed by atoms with E-state index in [4.69, 9.17) is 5.73 Å². The number of carbonyl (C=O) groups is 1. The van der Waals surface area contributed by atoms with Crippen LogP contribution in [-0.2, 0) is 4.79 Å². The van der Waals surface area contributed by atoms with Crippen LogP contribution in [0.4, 0.5) is 4.39 Å². The van der Waals surface area contributed by atoms with Crippen molar-refractivity contribution in [2.45, 2.75) is 31.3 Å². The Kier molecular flexibility index (Phi) is 4.69. The minimum absolute atomic E-state index is 0.000672. The van der Waals surface area contributed by atoms with Crippen molar-refractivity contribution in [1.82, 2.24) is 10.2 Å². The van der Waals surface area contributed by atoms with Crippen molar-refractivity contribution in [3.05, 3.63) is 35.6 Å². The second kappa shape index (κ2) is 6.57. The number of hydrogen-bond donors (Lipinski definition) is 2. The van der Waals surface area contributed by atoms with Crippen molar-refractivity contribution in [3.8, 4) is 0 Å². The van der Waals surface area contributed by atoms with Gasteiger partial charge in [-0.25, -0.2) is 4.39 Å². The van der Waals surface area contributed by atoms with E-state index in [1.165, 1.54) is 18.6 Å². The van der Waals surface area contributed by atoms with Gasteiger partial charge < -0.3 is 16.0 Å². The van der Waals surface area contributed by atoms with Gasteiger partial charge in [-0.15, -0.1) is 0 Å². The molecule has 0 aliphatic heterocycles. The summed E-state index contributed by atoms with van der Waals surface area (Å²) in [6, 6.07) is 6.51. The molecule has 1 amide bonds. The van der Waals surface area contributed by atoms with E-state index in [2.05, 4.69) is 5.32 Å². The molecule has 2 saturated carbocycles. The molecule has 0 aromatic heterocycles. The van der Waals surface area contributed by atoms with E-state index in [1.54, 1.807) is 6.07 Å². The van der Waals surface area contributed by atoms with Crippen LogP contribution in [0, 0.1) is 23.6 Å². The van der Waals surface area contributed by atoms with Crippen molar-refractivity contribution in [2.75, 3.05) is 20.6 Å². The Morgan fingerprint density at radius 1 is 1.39 bits per heavy atom. The number of nitrogens with one attached hydrogen (secondary N) is 1. The van der Waals surface area contributed by atoms with E-state index in [9.17, 15) is 9.18 Å². The molecular weight excluding hydrogens is 293 g/mol. The summed E-state index contributed by atoms with van der Waals surface area (Å²) in [5.74, 6) is 0.721. The molecule has 0 spiro atoms. The number of halogens is 1. The number of amides is 1. The molecule has 1 aromatic carbocycles. The van der Waals surface area contributed by atoms with E-state index in [0.29, 0.717) is 18.4 Å². The van der Waals surface area contributed by atoms with Crippen molar-refractivity contribution in [2.24, 2.45) is 23.5 Å². The molecule has 5 atom stereocenters. The van der Waals surface area contributed by atoms with Gasteiger partial charge in [0.05, 0.1) is 12.0 Å².